The largest absolute Gasteiger partial charge is 0.507 e. The Morgan fingerprint density at radius 2 is 1.76 bits per heavy atom. The second-order valence-electron chi connectivity index (χ2n) is 5.90. The van der Waals surface area contributed by atoms with E-state index in [-0.39, 0.29) is 11.4 Å². The molecule has 25 heavy (non-hydrogen) atoms. The molecule has 0 bridgehead atoms. The topological polar surface area (TPSA) is 74.6 Å². The highest BCUT2D eigenvalue weighted by molar-refractivity contribution is 7.99. The van der Waals surface area contributed by atoms with E-state index < -0.39 is 20.3 Å². The molecule has 2 N–H and O–H groups in total. The van der Waals surface area contributed by atoms with Gasteiger partial charge in [0.15, 0.2) is 0 Å². The Morgan fingerprint density at radius 3 is 2.40 bits per heavy atom. The second kappa shape index (κ2) is 10.3. The average Bonchev–Trinajstić information content (AvgIpc) is 2.62. The predicted molar refractivity (Wildman–Crippen MR) is 104 cm³/mol. The number of hydrogen-bond acceptors (Lipinski definition) is 4. The number of carbonyl (C=O) groups is 1. The van der Waals surface area contributed by atoms with Crippen LogP contribution in [0.5, 0.6) is 5.75 Å². The number of carboxylic acids is 1. The van der Waals surface area contributed by atoms with Crippen molar-refractivity contribution in [1.29, 1.82) is 0 Å². The van der Waals surface area contributed by atoms with E-state index >= 15 is 0 Å². The molecule has 3 atom stereocenters. The lowest BCUT2D eigenvalue weighted by molar-refractivity contribution is -0.141. The van der Waals surface area contributed by atoms with Gasteiger partial charge in [0, 0.05) is 16.3 Å². The minimum absolute atomic E-state index is 0.170. The van der Waals surface area contributed by atoms with Crippen molar-refractivity contribution in [2.45, 2.75) is 29.8 Å². The summed E-state index contributed by atoms with van der Waals surface area (Å²) in [5.74, 6) is -0.907. The Bertz CT molecular complexity index is 693. The minimum Gasteiger partial charge on any atom is -0.507 e. The normalized spacial score (nSPS) is 13.8. The van der Waals surface area contributed by atoms with Crippen molar-refractivity contribution in [2.75, 3.05) is 5.75 Å². The Labute approximate surface area is 153 Å². The number of phenolic OH excluding ortho intramolecular Hbond substituents is 1. The van der Waals surface area contributed by atoms with Gasteiger partial charge in [0.1, 0.15) is 5.75 Å². The third-order valence-corrected chi connectivity index (χ3v) is 6.73. The van der Waals surface area contributed by atoms with Crippen LogP contribution in [-0.4, -0.2) is 27.6 Å². The van der Waals surface area contributed by atoms with Crippen molar-refractivity contribution in [3.63, 3.8) is 0 Å². The minimum atomic E-state index is -1.20. The zero-order valence-corrected chi connectivity index (χ0v) is 15.8. The number of aryl methyl sites for hydroxylation is 1. The quantitative estimate of drug-likeness (QED) is 0.475. The molecule has 0 aliphatic carbocycles. The van der Waals surface area contributed by atoms with E-state index in [2.05, 4.69) is 0 Å². The molecule has 0 saturated heterocycles. The number of phenols is 1. The number of benzene rings is 2. The molecule has 3 unspecified atom stereocenters. The van der Waals surface area contributed by atoms with Crippen LogP contribution in [0.4, 0.5) is 0 Å². The molecule has 0 radical (unpaired) electrons. The highest BCUT2D eigenvalue weighted by Crippen LogP contribution is 2.33. The van der Waals surface area contributed by atoms with Gasteiger partial charge in [-0.3, -0.25) is 4.79 Å². The number of aliphatic carboxylic acids is 1. The molecule has 0 heterocycles. The van der Waals surface area contributed by atoms with Crippen LogP contribution in [0.25, 0.3) is 0 Å². The molecular weight excluding hydrogens is 355 g/mol. The van der Waals surface area contributed by atoms with Gasteiger partial charge in [0.25, 0.3) is 0 Å². The Morgan fingerprint density at radius 1 is 1.08 bits per heavy atom. The number of rotatable bonds is 10. The first-order valence-corrected chi connectivity index (χ1v) is 10.4. The van der Waals surface area contributed by atoms with Gasteiger partial charge >= 0.3 is 5.97 Å². The molecule has 2 aromatic rings. The zero-order chi connectivity index (χ0) is 18.1. The lowest BCUT2D eigenvalue weighted by Gasteiger charge is -2.19. The van der Waals surface area contributed by atoms with Crippen LogP contribution in [0.1, 0.15) is 18.4 Å². The summed E-state index contributed by atoms with van der Waals surface area (Å²) in [6.45, 7) is 0. The van der Waals surface area contributed by atoms with E-state index in [4.69, 9.17) is 0 Å². The van der Waals surface area contributed by atoms with Gasteiger partial charge in [0.05, 0.1) is 14.4 Å². The lowest BCUT2D eigenvalue weighted by atomic mass is 9.97. The summed E-state index contributed by atoms with van der Waals surface area (Å²) >= 11 is 1.36. The first kappa shape index (κ1) is 19.6. The Hall–Kier alpha value is -1.71. The fourth-order valence-electron chi connectivity index (χ4n) is 2.71. The summed E-state index contributed by atoms with van der Waals surface area (Å²) in [6, 6.07) is 16.9. The van der Waals surface area contributed by atoms with Crippen LogP contribution in [0.15, 0.2) is 59.5 Å². The molecule has 2 aromatic carbocycles. The summed E-state index contributed by atoms with van der Waals surface area (Å²) in [7, 11) is -1.20. The van der Waals surface area contributed by atoms with Gasteiger partial charge in [-0.25, -0.2) is 0 Å². The fourth-order valence-corrected chi connectivity index (χ4v) is 4.85. The highest BCUT2D eigenvalue weighted by atomic mass is 32.2. The van der Waals surface area contributed by atoms with Crippen molar-refractivity contribution in [1.82, 2.24) is 0 Å². The average molecular weight is 378 g/mol. The zero-order valence-electron chi connectivity index (χ0n) is 13.9. The predicted octanol–water partition coefficient (Wildman–Crippen LogP) is 4.33. The van der Waals surface area contributed by atoms with E-state index in [9.17, 15) is 19.6 Å². The molecule has 0 fully saturated rings. The molecule has 0 spiro atoms. The Kier molecular flexibility index (Phi) is 8.10. The van der Waals surface area contributed by atoms with Gasteiger partial charge in [-0.2, -0.15) is 0 Å². The van der Waals surface area contributed by atoms with Crippen molar-refractivity contribution < 1.29 is 19.6 Å². The number of aromatic hydroxyl groups is 1. The van der Waals surface area contributed by atoms with Crippen LogP contribution in [0, 0.1) is 5.92 Å². The first-order valence-electron chi connectivity index (χ1n) is 8.24. The van der Waals surface area contributed by atoms with Crippen molar-refractivity contribution in [3.05, 3.63) is 60.2 Å². The molecule has 0 amide bonds. The van der Waals surface area contributed by atoms with E-state index in [1.807, 2.05) is 36.4 Å². The standard InChI is InChI=1S/C19H23O4PS/c20-16-11-4-5-12-18(16)25-13-17(24-23)15(19(21)22)10-6-9-14-7-2-1-3-8-14/h1-5,7-8,11-12,15,17,20H,6,9-10,13,24H2,(H,21,22). The number of thioether (sulfide) groups is 1. The molecule has 134 valence electrons. The van der Waals surface area contributed by atoms with Crippen LogP contribution < -0.4 is 0 Å². The third kappa shape index (κ3) is 6.26. The van der Waals surface area contributed by atoms with E-state index in [0.717, 1.165) is 12.8 Å². The maximum Gasteiger partial charge on any atom is 0.307 e. The summed E-state index contributed by atoms with van der Waals surface area (Å²) in [5.41, 5.74) is 0.805. The molecule has 0 saturated carbocycles. The van der Waals surface area contributed by atoms with Gasteiger partial charge < -0.3 is 14.8 Å². The molecule has 4 nitrogen and oxygen atoms in total. The van der Waals surface area contributed by atoms with Crippen LogP contribution >= 0.6 is 20.2 Å². The van der Waals surface area contributed by atoms with Gasteiger partial charge in [0.2, 0.25) is 0 Å². The monoisotopic (exact) mass is 378 g/mol. The molecule has 0 aliphatic rings. The Balaban J connectivity index is 1.92. The number of carboxylic acid groups (broad SMARTS) is 1. The van der Waals surface area contributed by atoms with Crippen molar-refractivity contribution >= 4 is 26.2 Å². The van der Waals surface area contributed by atoms with Crippen LogP contribution in [-0.2, 0) is 15.8 Å². The van der Waals surface area contributed by atoms with E-state index in [0.29, 0.717) is 17.1 Å². The SMILES string of the molecule is O=[PH2]C(CSc1ccccc1O)C(CCCc1ccccc1)C(=O)O. The molecule has 6 heteroatoms. The first-order chi connectivity index (χ1) is 12.1. The number of para-hydroxylation sites is 1. The molecular formula is C19H23O4PS. The van der Waals surface area contributed by atoms with Gasteiger partial charge in [-0.05, 0) is 37.0 Å². The maximum absolute atomic E-state index is 11.7. The molecule has 0 aliphatic heterocycles. The van der Waals surface area contributed by atoms with Crippen molar-refractivity contribution in [3.8, 4) is 5.75 Å². The van der Waals surface area contributed by atoms with Crippen LogP contribution in [0.2, 0.25) is 0 Å². The van der Waals surface area contributed by atoms with Crippen LogP contribution in [0.3, 0.4) is 0 Å². The summed E-state index contributed by atoms with van der Waals surface area (Å²) in [6.07, 6.45) is 2.07. The highest BCUT2D eigenvalue weighted by Gasteiger charge is 2.27. The van der Waals surface area contributed by atoms with Crippen molar-refractivity contribution in [2.24, 2.45) is 5.92 Å². The molecule has 0 aromatic heterocycles. The van der Waals surface area contributed by atoms with Gasteiger partial charge in [-0.15, -0.1) is 11.8 Å². The maximum atomic E-state index is 11.7. The van der Waals surface area contributed by atoms with Gasteiger partial charge in [-0.1, -0.05) is 42.5 Å². The van der Waals surface area contributed by atoms with E-state index in [1.54, 1.807) is 18.2 Å². The fraction of sp³-hybridized carbons (Fsp3) is 0.316. The summed E-state index contributed by atoms with van der Waals surface area (Å²) in [4.78, 5) is 12.3. The molecule has 2 rings (SSSR count). The smallest absolute Gasteiger partial charge is 0.307 e. The third-order valence-electron chi connectivity index (χ3n) is 4.13. The summed E-state index contributed by atoms with van der Waals surface area (Å²) < 4.78 is 11.7. The summed E-state index contributed by atoms with van der Waals surface area (Å²) in [5, 5.41) is 19.3. The lowest BCUT2D eigenvalue weighted by Crippen LogP contribution is -2.26. The second-order valence-corrected chi connectivity index (χ2v) is 8.09. The number of hydrogen-bond donors (Lipinski definition) is 2. The van der Waals surface area contributed by atoms with E-state index in [1.165, 1.54) is 17.3 Å².